The molecule has 1 atom stereocenters. The predicted octanol–water partition coefficient (Wildman–Crippen LogP) is 5.61. The second-order valence-electron chi connectivity index (χ2n) is 8.15. The molecule has 0 fully saturated rings. The first-order valence-corrected chi connectivity index (χ1v) is 12.1. The molecule has 0 aliphatic heterocycles. The summed E-state index contributed by atoms with van der Waals surface area (Å²) in [6.07, 6.45) is 2.17. The van der Waals surface area contributed by atoms with Crippen LogP contribution in [0.15, 0.2) is 65.6 Å². The third-order valence-corrected chi connectivity index (χ3v) is 6.18. The molecule has 0 radical (unpaired) electrons. The number of esters is 1. The number of fused-ring (bicyclic) bond motifs is 1. The normalized spacial score (nSPS) is 12.7. The van der Waals surface area contributed by atoms with Gasteiger partial charge in [0.15, 0.2) is 6.61 Å². The first kappa shape index (κ1) is 23.8. The van der Waals surface area contributed by atoms with E-state index in [9.17, 15) is 17.8 Å². The summed E-state index contributed by atoms with van der Waals surface area (Å²) in [7, 11) is -4.49. The Morgan fingerprint density at radius 3 is 2.25 bits per heavy atom. The Balaban J connectivity index is 1.70. The van der Waals surface area contributed by atoms with E-state index >= 15 is 0 Å². The maximum Gasteiger partial charge on any atom is 0.349 e. The molecule has 0 aliphatic carbocycles. The Hall–Kier alpha value is -2.90. The van der Waals surface area contributed by atoms with Crippen LogP contribution in [0.25, 0.3) is 10.8 Å². The molecule has 7 heteroatoms. The molecule has 3 rings (SSSR count). The van der Waals surface area contributed by atoms with E-state index in [1.807, 2.05) is 24.3 Å². The van der Waals surface area contributed by atoms with Crippen LogP contribution in [-0.2, 0) is 14.9 Å². The molecule has 0 heterocycles. The fraction of sp³-hybridized carbons (Fsp3) is 0.320. The van der Waals surface area contributed by atoms with Crippen LogP contribution in [0.3, 0.4) is 0 Å². The Morgan fingerprint density at radius 2 is 1.66 bits per heavy atom. The number of hydrogen-bond acceptors (Lipinski definition) is 5. The predicted molar refractivity (Wildman–Crippen MR) is 124 cm³/mol. The molecule has 0 saturated heterocycles. The molecule has 6 nitrogen and oxygen atoms in total. The summed E-state index contributed by atoms with van der Waals surface area (Å²) in [5.41, 5.74) is 1.24. The van der Waals surface area contributed by atoms with E-state index in [1.54, 1.807) is 18.2 Å². The summed E-state index contributed by atoms with van der Waals surface area (Å²) >= 11 is 0. The monoisotopic (exact) mass is 456 g/mol. The molecule has 1 N–H and O–H groups in total. The van der Waals surface area contributed by atoms with E-state index in [1.165, 1.54) is 23.8 Å². The van der Waals surface area contributed by atoms with Gasteiger partial charge in [0.05, 0.1) is 0 Å². The van der Waals surface area contributed by atoms with Crippen LogP contribution in [0, 0.1) is 5.92 Å². The van der Waals surface area contributed by atoms with Gasteiger partial charge in [-0.05, 0) is 59.9 Å². The van der Waals surface area contributed by atoms with Crippen molar-refractivity contribution in [1.29, 1.82) is 0 Å². The molecule has 0 saturated carbocycles. The Bertz CT molecular complexity index is 1180. The molecular weight excluding hydrogens is 428 g/mol. The quantitative estimate of drug-likeness (QED) is 0.256. The number of hydrogen-bond donors (Lipinski definition) is 1. The lowest BCUT2D eigenvalue weighted by Crippen LogP contribution is -2.18. The smallest absolute Gasteiger partial charge is 0.349 e. The standard InChI is InChI=1S/C25H28O6S/c1-4-18(15-17(2)3)19-11-13-21(14-12-19)30-16-24(26)31-22-9-5-7-20-8-6-10-23(25(20)22)32(27,28)29/h5-14,17-18H,4,15-16H2,1-3H3,(H,27,28,29). The largest absolute Gasteiger partial charge is 0.482 e. The highest BCUT2D eigenvalue weighted by Crippen LogP contribution is 2.32. The van der Waals surface area contributed by atoms with Gasteiger partial charge in [-0.1, -0.05) is 57.2 Å². The van der Waals surface area contributed by atoms with Crippen molar-refractivity contribution in [3.05, 3.63) is 66.2 Å². The molecule has 0 aliphatic rings. The molecule has 0 aromatic heterocycles. The number of carbonyl (C=O) groups is 1. The van der Waals surface area contributed by atoms with Crippen LogP contribution >= 0.6 is 0 Å². The highest BCUT2D eigenvalue weighted by molar-refractivity contribution is 7.86. The average molecular weight is 457 g/mol. The van der Waals surface area contributed by atoms with Gasteiger partial charge in [-0.25, -0.2) is 4.79 Å². The van der Waals surface area contributed by atoms with Crippen molar-refractivity contribution in [2.75, 3.05) is 6.61 Å². The Labute approximate surface area is 188 Å². The Morgan fingerprint density at radius 1 is 1.00 bits per heavy atom. The highest BCUT2D eigenvalue weighted by Gasteiger charge is 2.19. The summed E-state index contributed by atoms with van der Waals surface area (Å²) in [6.45, 7) is 6.25. The molecule has 0 amide bonds. The van der Waals surface area contributed by atoms with Crippen LogP contribution in [0.1, 0.15) is 45.1 Å². The van der Waals surface area contributed by atoms with Crippen molar-refractivity contribution in [2.24, 2.45) is 5.92 Å². The fourth-order valence-electron chi connectivity index (χ4n) is 3.81. The SMILES string of the molecule is CCC(CC(C)C)c1ccc(OCC(=O)Oc2cccc3cccc(S(=O)(=O)O)c23)cc1. The van der Waals surface area contributed by atoms with Crippen LogP contribution in [0.5, 0.6) is 11.5 Å². The maximum absolute atomic E-state index is 12.4. The summed E-state index contributed by atoms with van der Waals surface area (Å²) in [5, 5.41) is 0.666. The van der Waals surface area contributed by atoms with Crippen molar-refractivity contribution in [1.82, 2.24) is 0 Å². The van der Waals surface area contributed by atoms with Crippen LogP contribution in [-0.4, -0.2) is 25.5 Å². The first-order valence-electron chi connectivity index (χ1n) is 10.6. The molecule has 3 aromatic rings. The van der Waals surface area contributed by atoms with Crippen LogP contribution < -0.4 is 9.47 Å². The van der Waals surface area contributed by atoms with Crippen LogP contribution in [0.4, 0.5) is 0 Å². The lowest BCUT2D eigenvalue weighted by Gasteiger charge is -2.18. The van der Waals surface area contributed by atoms with Gasteiger partial charge in [0.2, 0.25) is 0 Å². The van der Waals surface area contributed by atoms with Gasteiger partial charge in [-0.2, -0.15) is 8.42 Å². The van der Waals surface area contributed by atoms with Gasteiger partial charge in [-0.3, -0.25) is 4.55 Å². The van der Waals surface area contributed by atoms with Gasteiger partial charge in [0.25, 0.3) is 10.1 Å². The molecule has 1 unspecified atom stereocenters. The zero-order chi connectivity index (χ0) is 23.3. The first-order chi connectivity index (χ1) is 15.2. The third kappa shape index (κ3) is 5.87. The fourth-order valence-corrected chi connectivity index (χ4v) is 4.54. The molecule has 0 spiro atoms. The van der Waals surface area contributed by atoms with E-state index in [4.69, 9.17) is 9.47 Å². The minimum atomic E-state index is -4.49. The molecule has 0 bridgehead atoms. The minimum absolute atomic E-state index is 0.0409. The lowest BCUT2D eigenvalue weighted by molar-refractivity contribution is -0.136. The van der Waals surface area contributed by atoms with Crippen molar-refractivity contribution in [3.63, 3.8) is 0 Å². The van der Waals surface area contributed by atoms with E-state index < -0.39 is 16.1 Å². The molecule has 32 heavy (non-hydrogen) atoms. The lowest BCUT2D eigenvalue weighted by atomic mass is 9.88. The number of carbonyl (C=O) groups excluding carboxylic acids is 1. The van der Waals surface area contributed by atoms with Gasteiger partial charge >= 0.3 is 5.97 Å². The number of rotatable bonds is 9. The van der Waals surface area contributed by atoms with Crippen LogP contribution in [0.2, 0.25) is 0 Å². The molecular formula is C25H28O6S. The summed E-state index contributed by atoms with van der Waals surface area (Å²) in [4.78, 5) is 12.1. The van der Waals surface area contributed by atoms with E-state index in [-0.39, 0.29) is 22.6 Å². The van der Waals surface area contributed by atoms with E-state index in [0.29, 0.717) is 23.0 Å². The summed E-state index contributed by atoms with van der Waals surface area (Å²) < 4.78 is 43.9. The summed E-state index contributed by atoms with van der Waals surface area (Å²) in [6, 6.07) is 16.9. The van der Waals surface area contributed by atoms with Gasteiger partial charge < -0.3 is 9.47 Å². The second kappa shape index (κ2) is 10.1. The molecule has 170 valence electrons. The topological polar surface area (TPSA) is 89.9 Å². The number of ether oxygens (including phenoxy) is 2. The minimum Gasteiger partial charge on any atom is -0.482 e. The van der Waals surface area contributed by atoms with E-state index in [0.717, 1.165) is 12.8 Å². The van der Waals surface area contributed by atoms with Gasteiger partial charge in [0, 0.05) is 5.39 Å². The highest BCUT2D eigenvalue weighted by atomic mass is 32.2. The van der Waals surface area contributed by atoms with Crippen molar-refractivity contribution in [2.45, 2.75) is 44.4 Å². The van der Waals surface area contributed by atoms with Crippen molar-refractivity contribution >= 4 is 26.9 Å². The maximum atomic E-state index is 12.4. The van der Waals surface area contributed by atoms with Gasteiger partial charge in [0.1, 0.15) is 16.4 Å². The van der Waals surface area contributed by atoms with Crippen molar-refractivity contribution in [3.8, 4) is 11.5 Å². The second-order valence-corrected chi connectivity index (χ2v) is 9.54. The number of benzene rings is 3. The van der Waals surface area contributed by atoms with Crippen molar-refractivity contribution < 1.29 is 27.2 Å². The average Bonchev–Trinajstić information content (AvgIpc) is 2.75. The zero-order valence-electron chi connectivity index (χ0n) is 18.4. The third-order valence-electron chi connectivity index (χ3n) is 5.29. The zero-order valence-corrected chi connectivity index (χ0v) is 19.3. The summed E-state index contributed by atoms with van der Waals surface area (Å²) in [5.74, 6) is 0.997. The Kier molecular flexibility index (Phi) is 7.53. The molecule has 3 aromatic carbocycles. The van der Waals surface area contributed by atoms with E-state index in [2.05, 4.69) is 20.8 Å². The van der Waals surface area contributed by atoms with Gasteiger partial charge in [-0.15, -0.1) is 0 Å².